The smallest absolute Gasteiger partial charge is 0.338 e. The van der Waals surface area contributed by atoms with Crippen LogP contribution in [0, 0.1) is 0 Å². The lowest BCUT2D eigenvalue weighted by Crippen LogP contribution is -2.40. The highest BCUT2D eigenvalue weighted by Crippen LogP contribution is 2.38. The van der Waals surface area contributed by atoms with Gasteiger partial charge in [0.1, 0.15) is 24.7 Å². The number of aromatic nitrogens is 3. The minimum absolute atomic E-state index is 0.0633. The van der Waals surface area contributed by atoms with Gasteiger partial charge in [0.25, 0.3) is 0 Å². The molecule has 0 spiro atoms. The zero-order chi connectivity index (χ0) is 23.4. The molecule has 0 saturated carbocycles. The Balaban J connectivity index is 1.70. The van der Waals surface area contributed by atoms with E-state index < -0.39 is 12.0 Å². The van der Waals surface area contributed by atoms with Crippen molar-refractivity contribution in [2.24, 2.45) is 0 Å². The van der Waals surface area contributed by atoms with Gasteiger partial charge in [-0.2, -0.15) is 10.1 Å². The molecule has 4 rings (SSSR count). The Morgan fingerprint density at radius 1 is 1.12 bits per heavy atom. The second-order valence-electron chi connectivity index (χ2n) is 7.40. The van der Waals surface area contributed by atoms with Crippen molar-refractivity contribution in [2.75, 3.05) is 30.5 Å². The number of esters is 1. The van der Waals surface area contributed by atoms with Gasteiger partial charge in [0.2, 0.25) is 11.9 Å². The largest absolute Gasteiger partial charge is 0.497 e. The summed E-state index contributed by atoms with van der Waals surface area (Å²) in [5, 5.41) is 7.24. The highest BCUT2D eigenvalue weighted by atomic mass is 16.5. The van der Waals surface area contributed by atoms with Crippen LogP contribution in [-0.2, 0) is 14.3 Å². The monoisotopic (exact) mass is 447 g/mol. The van der Waals surface area contributed by atoms with E-state index in [0.717, 1.165) is 5.56 Å². The molecule has 1 N–H and O–H groups in total. The molecule has 1 aliphatic rings. The molecule has 170 valence electrons. The number of hydrogen-bond acceptors (Lipinski definition) is 7. The number of benzene rings is 2. The van der Waals surface area contributed by atoms with E-state index in [2.05, 4.69) is 15.4 Å². The third kappa shape index (κ3) is 4.43. The van der Waals surface area contributed by atoms with Crippen molar-refractivity contribution < 1.29 is 19.1 Å². The van der Waals surface area contributed by atoms with Crippen molar-refractivity contribution in [2.45, 2.75) is 19.9 Å². The minimum atomic E-state index is -0.513. The van der Waals surface area contributed by atoms with Crippen LogP contribution in [0.15, 0.2) is 72.2 Å². The number of methoxy groups -OCH3 is 1. The number of nitrogens with zero attached hydrogens (tertiary/aromatic N) is 4. The van der Waals surface area contributed by atoms with E-state index in [1.807, 2.05) is 30.3 Å². The van der Waals surface area contributed by atoms with E-state index in [1.165, 1.54) is 6.33 Å². The van der Waals surface area contributed by atoms with Crippen LogP contribution < -0.4 is 15.0 Å². The van der Waals surface area contributed by atoms with Crippen molar-refractivity contribution in [1.29, 1.82) is 0 Å². The lowest BCUT2D eigenvalue weighted by molar-refractivity contribution is -0.139. The normalized spacial score (nSPS) is 15.1. The van der Waals surface area contributed by atoms with Crippen molar-refractivity contribution in [3.63, 3.8) is 0 Å². The number of nitrogens with one attached hydrogen (secondary N) is 1. The summed E-state index contributed by atoms with van der Waals surface area (Å²) in [5.41, 5.74) is 2.47. The van der Waals surface area contributed by atoms with Crippen LogP contribution in [0.5, 0.6) is 5.75 Å². The number of rotatable bonds is 7. The standard InChI is InChI=1S/C24H25N5O4/c1-4-33-23(31)21-16(2)28(14-20(30)27-18-11-8-12-19(13-18)32-3)24-25-15-26-29(24)22(21)17-9-6-5-7-10-17/h5-13,15,22H,4,14H2,1-3H3,(H,27,30). The van der Waals surface area contributed by atoms with Crippen LogP contribution in [-0.4, -0.2) is 46.9 Å². The van der Waals surface area contributed by atoms with Gasteiger partial charge < -0.3 is 19.7 Å². The molecule has 0 aliphatic carbocycles. The highest BCUT2D eigenvalue weighted by Gasteiger charge is 2.38. The molecule has 1 aliphatic heterocycles. The molecule has 0 radical (unpaired) electrons. The molecule has 0 saturated heterocycles. The van der Waals surface area contributed by atoms with Crippen LogP contribution >= 0.6 is 0 Å². The summed E-state index contributed by atoms with van der Waals surface area (Å²) in [6, 6.07) is 16.1. The Labute approximate surface area is 191 Å². The predicted octanol–water partition coefficient (Wildman–Crippen LogP) is 3.17. The average molecular weight is 447 g/mol. The van der Waals surface area contributed by atoms with E-state index in [4.69, 9.17) is 9.47 Å². The van der Waals surface area contributed by atoms with Crippen molar-refractivity contribution in [3.05, 3.63) is 77.8 Å². The molecular weight excluding hydrogens is 422 g/mol. The maximum atomic E-state index is 13.0. The number of allylic oxidation sites excluding steroid dienone is 1. The summed E-state index contributed by atoms with van der Waals surface area (Å²) in [4.78, 5) is 32.0. The molecule has 0 bridgehead atoms. The molecule has 1 unspecified atom stereocenters. The van der Waals surface area contributed by atoms with Gasteiger partial charge in [-0.1, -0.05) is 36.4 Å². The number of ether oxygens (including phenoxy) is 2. The Hall–Kier alpha value is -4.14. The lowest BCUT2D eigenvalue weighted by Gasteiger charge is -2.35. The van der Waals surface area contributed by atoms with Gasteiger partial charge in [0.05, 0.1) is 19.3 Å². The first-order valence-corrected chi connectivity index (χ1v) is 10.6. The summed E-state index contributed by atoms with van der Waals surface area (Å²) in [6.07, 6.45) is 1.42. The average Bonchev–Trinajstić information content (AvgIpc) is 3.30. The Morgan fingerprint density at radius 3 is 2.64 bits per heavy atom. The number of amides is 1. The summed E-state index contributed by atoms with van der Waals surface area (Å²) in [6.45, 7) is 3.72. The van der Waals surface area contributed by atoms with Crippen LogP contribution in [0.1, 0.15) is 25.5 Å². The number of hydrogen-bond donors (Lipinski definition) is 1. The first-order chi connectivity index (χ1) is 16.0. The third-order valence-electron chi connectivity index (χ3n) is 5.37. The Kier molecular flexibility index (Phi) is 6.39. The fourth-order valence-electron chi connectivity index (χ4n) is 3.88. The lowest BCUT2D eigenvalue weighted by atomic mass is 9.95. The molecule has 0 fully saturated rings. The van der Waals surface area contributed by atoms with E-state index in [1.54, 1.807) is 54.8 Å². The Morgan fingerprint density at radius 2 is 1.91 bits per heavy atom. The highest BCUT2D eigenvalue weighted by molar-refractivity contribution is 5.96. The number of carbonyl (C=O) groups is 2. The predicted molar refractivity (Wildman–Crippen MR) is 123 cm³/mol. The molecule has 1 amide bonds. The quantitative estimate of drug-likeness (QED) is 0.556. The SMILES string of the molecule is CCOC(=O)C1=C(C)N(CC(=O)Nc2cccc(OC)c2)c2ncnn2C1c1ccccc1. The molecule has 9 heteroatoms. The van der Waals surface area contributed by atoms with Gasteiger partial charge in [-0.05, 0) is 31.5 Å². The fraction of sp³-hybridized carbons (Fsp3) is 0.250. The van der Waals surface area contributed by atoms with Crippen LogP contribution in [0.3, 0.4) is 0 Å². The molecule has 9 nitrogen and oxygen atoms in total. The van der Waals surface area contributed by atoms with Crippen molar-refractivity contribution >= 4 is 23.5 Å². The molecule has 2 aromatic carbocycles. The second kappa shape index (κ2) is 9.56. The molecule has 33 heavy (non-hydrogen) atoms. The molecular formula is C24H25N5O4. The first-order valence-electron chi connectivity index (χ1n) is 10.6. The Bertz CT molecular complexity index is 1190. The van der Waals surface area contributed by atoms with Crippen LogP contribution in [0.2, 0.25) is 0 Å². The van der Waals surface area contributed by atoms with Gasteiger partial charge in [-0.15, -0.1) is 0 Å². The van der Waals surface area contributed by atoms with Crippen LogP contribution in [0.25, 0.3) is 0 Å². The maximum absolute atomic E-state index is 13.0. The number of carbonyl (C=O) groups excluding carboxylic acids is 2. The van der Waals surface area contributed by atoms with Crippen molar-refractivity contribution in [1.82, 2.24) is 14.8 Å². The molecule has 2 heterocycles. The zero-order valence-corrected chi connectivity index (χ0v) is 18.7. The van der Waals surface area contributed by atoms with E-state index >= 15 is 0 Å². The topological polar surface area (TPSA) is 98.6 Å². The van der Waals surface area contributed by atoms with Gasteiger partial charge in [-0.25, -0.2) is 9.48 Å². The maximum Gasteiger partial charge on any atom is 0.338 e. The van der Waals surface area contributed by atoms with Crippen molar-refractivity contribution in [3.8, 4) is 5.75 Å². The summed E-state index contributed by atoms with van der Waals surface area (Å²) >= 11 is 0. The van der Waals surface area contributed by atoms with Gasteiger partial charge in [-0.3, -0.25) is 4.79 Å². The van der Waals surface area contributed by atoms with E-state index in [9.17, 15) is 9.59 Å². The third-order valence-corrected chi connectivity index (χ3v) is 5.37. The first kappa shape index (κ1) is 22.1. The fourth-order valence-corrected chi connectivity index (χ4v) is 3.88. The van der Waals surface area contributed by atoms with Gasteiger partial charge >= 0.3 is 5.97 Å². The van der Waals surface area contributed by atoms with Gasteiger partial charge in [0, 0.05) is 17.5 Å². The number of anilines is 2. The van der Waals surface area contributed by atoms with Gasteiger partial charge in [0.15, 0.2) is 0 Å². The zero-order valence-electron chi connectivity index (χ0n) is 18.7. The molecule has 3 aromatic rings. The number of fused-ring (bicyclic) bond motifs is 1. The summed E-state index contributed by atoms with van der Waals surface area (Å²) in [7, 11) is 1.57. The van der Waals surface area contributed by atoms with Crippen LogP contribution in [0.4, 0.5) is 11.6 Å². The van der Waals surface area contributed by atoms with E-state index in [0.29, 0.717) is 28.7 Å². The summed E-state index contributed by atoms with van der Waals surface area (Å²) in [5.74, 6) is 0.369. The molecule has 1 atom stereocenters. The van der Waals surface area contributed by atoms with E-state index in [-0.39, 0.29) is 19.1 Å². The summed E-state index contributed by atoms with van der Waals surface area (Å²) < 4.78 is 12.2. The minimum Gasteiger partial charge on any atom is -0.497 e. The molecule has 1 aromatic heterocycles. The second-order valence-corrected chi connectivity index (χ2v) is 7.40.